The summed E-state index contributed by atoms with van der Waals surface area (Å²) in [6.45, 7) is 12.9. The maximum atomic E-state index is 5.81. The largest absolute Gasteiger partial charge is 0.351 e. The molecule has 0 heterocycles. The summed E-state index contributed by atoms with van der Waals surface area (Å²) in [5, 5.41) is 3.59. The van der Waals surface area contributed by atoms with Crippen LogP contribution in [-0.2, 0) is 15.9 Å². The van der Waals surface area contributed by atoms with Crippen LogP contribution < -0.4 is 5.32 Å². The van der Waals surface area contributed by atoms with Crippen molar-refractivity contribution in [1.82, 2.24) is 5.32 Å². The summed E-state index contributed by atoms with van der Waals surface area (Å²) in [5.41, 5.74) is 4.07. The van der Waals surface area contributed by atoms with E-state index in [1.807, 2.05) is 13.8 Å². The first-order valence-corrected chi connectivity index (χ1v) is 8.15. The zero-order valence-corrected chi connectivity index (χ0v) is 14.2. The summed E-state index contributed by atoms with van der Waals surface area (Å²) >= 11 is 0. The first kappa shape index (κ1) is 18.1. The Bertz CT molecular complexity index is 380. The molecule has 0 fully saturated rings. The lowest BCUT2D eigenvalue weighted by Crippen LogP contribution is -2.45. The molecule has 0 aromatic heterocycles. The number of rotatable bonds is 10. The van der Waals surface area contributed by atoms with Crippen molar-refractivity contribution in [2.75, 3.05) is 19.8 Å². The topological polar surface area (TPSA) is 30.5 Å². The normalized spacial score (nSPS) is 12.9. The number of nitrogens with one attached hydrogen (secondary N) is 1. The quantitative estimate of drug-likeness (QED) is 0.668. The molecule has 1 atom stereocenters. The predicted octanol–water partition coefficient (Wildman–Crippen LogP) is 3.61. The second kappa shape index (κ2) is 9.93. The van der Waals surface area contributed by atoms with Crippen molar-refractivity contribution in [1.29, 1.82) is 0 Å². The van der Waals surface area contributed by atoms with Crippen LogP contribution in [0.2, 0.25) is 0 Å². The van der Waals surface area contributed by atoms with Gasteiger partial charge in [0.05, 0.1) is 6.04 Å². The lowest BCUT2D eigenvalue weighted by atomic mass is 9.96. The molecule has 0 spiro atoms. The van der Waals surface area contributed by atoms with E-state index in [4.69, 9.17) is 9.47 Å². The number of hydrogen-bond acceptors (Lipinski definition) is 3. The van der Waals surface area contributed by atoms with Crippen molar-refractivity contribution < 1.29 is 9.47 Å². The first-order chi connectivity index (χ1) is 10.1. The van der Waals surface area contributed by atoms with Gasteiger partial charge in [-0.2, -0.15) is 0 Å². The highest BCUT2D eigenvalue weighted by Gasteiger charge is 2.23. The third-order valence-electron chi connectivity index (χ3n) is 3.72. The van der Waals surface area contributed by atoms with Gasteiger partial charge in [-0.1, -0.05) is 25.1 Å². The molecule has 0 bridgehead atoms. The average Bonchev–Trinajstić information content (AvgIpc) is 2.46. The zero-order valence-electron chi connectivity index (χ0n) is 14.2. The van der Waals surface area contributed by atoms with Gasteiger partial charge in [-0.25, -0.2) is 0 Å². The zero-order chi connectivity index (χ0) is 15.7. The van der Waals surface area contributed by atoms with Gasteiger partial charge in [0, 0.05) is 13.2 Å². The Kier molecular flexibility index (Phi) is 8.58. The third kappa shape index (κ3) is 5.77. The van der Waals surface area contributed by atoms with Gasteiger partial charge in [0.1, 0.15) is 0 Å². The van der Waals surface area contributed by atoms with E-state index in [1.54, 1.807) is 0 Å². The standard InChI is InChI=1S/C18H31NO2/c1-6-12-19-17(18(20-7-2)21-8-3)13-16-14(4)10-9-11-15(16)5/h9-11,17-19H,6-8,12-13H2,1-5H3. The molecule has 0 aliphatic rings. The van der Waals surface area contributed by atoms with Crippen molar-refractivity contribution >= 4 is 0 Å². The molecule has 0 radical (unpaired) electrons. The molecule has 120 valence electrons. The number of ether oxygens (including phenoxy) is 2. The maximum absolute atomic E-state index is 5.81. The molecule has 0 amide bonds. The molecular formula is C18H31NO2. The van der Waals surface area contributed by atoms with Crippen LogP contribution in [0.25, 0.3) is 0 Å². The van der Waals surface area contributed by atoms with Crippen LogP contribution in [0.3, 0.4) is 0 Å². The second-order valence-corrected chi connectivity index (χ2v) is 5.41. The van der Waals surface area contributed by atoms with E-state index in [-0.39, 0.29) is 12.3 Å². The summed E-state index contributed by atoms with van der Waals surface area (Å²) < 4.78 is 11.6. The van der Waals surface area contributed by atoms with Gasteiger partial charge < -0.3 is 14.8 Å². The van der Waals surface area contributed by atoms with E-state index >= 15 is 0 Å². The fraction of sp³-hybridized carbons (Fsp3) is 0.667. The van der Waals surface area contributed by atoms with Crippen LogP contribution in [-0.4, -0.2) is 32.1 Å². The highest BCUT2D eigenvalue weighted by atomic mass is 16.7. The third-order valence-corrected chi connectivity index (χ3v) is 3.72. The molecule has 21 heavy (non-hydrogen) atoms. The molecule has 1 unspecified atom stereocenters. The van der Waals surface area contributed by atoms with Crippen LogP contribution >= 0.6 is 0 Å². The summed E-state index contributed by atoms with van der Waals surface area (Å²) in [4.78, 5) is 0. The first-order valence-electron chi connectivity index (χ1n) is 8.15. The summed E-state index contributed by atoms with van der Waals surface area (Å²) in [6.07, 6.45) is 1.85. The summed E-state index contributed by atoms with van der Waals surface area (Å²) in [7, 11) is 0. The number of hydrogen-bond donors (Lipinski definition) is 1. The molecule has 1 aromatic rings. The van der Waals surface area contributed by atoms with Crippen LogP contribution in [0.1, 0.15) is 43.9 Å². The molecule has 3 heteroatoms. The van der Waals surface area contributed by atoms with E-state index < -0.39 is 0 Å². The van der Waals surface area contributed by atoms with Crippen LogP contribution in [0.5, 0.6) is 0 Å². The maximum Gasteiger partial charge on any atom is 0.172 e. The van der Waals surface area contributed by atoms with Crippen molar-refractivity contribution in [3.05, 3.63) is 34.9 Å². The lowest BCUT2D eigenvalue weighted by molar-refractivity contribution is -0.153. The van der Waals surface area contributed by atoms with Crippen LogP contribution in [0.4, 0.5) is 0 Å². The Morgan fingerprint density at radius 3 is 2.05 bits per heavy atom. The van der Waals surface area contributed by atoms with Gasteiger partial charge >= 0.3 is 0 Å². The minimum absolute atomic E-state index is 0.185. The smallest absolute Gasteiger partial charge is 0.172 e. The van der Waals surface area contributed by atoms with Crippen LogP contribution in [0, 0.1) is 13.8 Å². The lowest BCUT2D eigenvalue weighted by Gasteiger charge is -2.28. The summed E-state index contributed by atoms with van der Waals surface area (Å²) in [5.74, 6) is 0. The number of aryl methyl sites for hydroxylation is 2. The van der Waals surface area contributed by atoms with Gasteiger partial charge in [0.15, 0.2) is 6.29 Å². The van der Waals surface area contributed by atoms with Crippen LogP contribution in [0.15, 0.2) is 18.2 Å². The Balaban J connectivity index is 2.90. The Hall–Kier alpha value is -0.900. The van der Waals surface area contributed by atoms with E-state index in [1.165, 1.54) is 16.7 Å². The summed E-state index contributed by atoms with van der Waals surface area (Å²) in [6, 6.07) is 6.65. The number of benzene rings is 1. The monoisotopic (exact) mass is 293 g/mol. The Morgan fingerprint density at radius 1 is 1.00 bits per heavy atom. The molecule has 3 nitrogen and oxygen atoms in total. The molecule has 0 saturated heterocycles. The van der Waals surface area contributed by atoms with Crippen molar-refractivity contribution in [2.45, 2.75) is 59.8 Å². The Morgan fingerprint density at radius 2 is 1.57 bits per heavy atom. The van der Waals surface area contributed by atoms with E-state index in [0.717, 1.165) is 19.4 Å². The van der Waals surface area contributed by atoms with Crippen molar-refractivity contribution in [3.63, 3.8) is 0 Å². The van der Waals surface area contributed by atoms with Crippen molar-refractivity contribution in [3.8, 4) is 0 Å². The molecule has 1 aromatic carbocycles. The van der Waals surface area contributed by atoms with Gasteiger partial charge in [0.2, 0.25) is 0 Å². The SMILES string of the molecule is CCCNC(Cc1c(C)cccc1C)C(OCC)OCC. The van der Waals surface area contributed by atoms with E-state index in [9.17, 15) is 0 Å². The molecular weight excluding hydrogens is 262 g/mol. The molecule has 0 saturated carbocycles. The molecule has 0 aliphatic carbocycles. The van der Waals surface area contributed by atoms with Gasteiger partial charge in [-0.05, 0) is 63.8 Å². The Labute approximate surface area is 130 Å². The van der Waals surface area contributed by atoms with Gasteiger partial charge in [-0.15, -0.1) is 0 Å². The minimum Gasteiger partial charge on any atom is -0.351 e. The fourth-order valence-corrected chi connectivity index (χ4v) is 2.59. The van der Waals surface area contributed by atoms with E-state index in [2.05, 4.69) is 44.3 Å². The average molecular weight is 293 g/mol. The highest BCUT2D eigenvalue weighted by molar-refractivity contribution is 5.34. The fourth-order valence-electron chi connectivity index (χ4n) is 2.59. The molecule has 0 aliphatic heterocycles. The minimum atomic E-state index is -0.189. The highest BCUT2D eigenvalue weighted by Crippen LogP contribution is 2.18. The van der Waals surface area contributed by atoms with E-state index in [0.29, 0.717) is 13.2 Å². The van der Waals surface area contributed by atoms with Gasteiger partial charge in [-0.3, -0.25) is 0 Å². The van der Waals surface area contributed by atoms with Crippen molar-refractivity contribution in [2.24, 2.45) is 0 Å². The second-order valence-electron chi connectivity index (χ2n) is 5.41. The predicted molar refractivity (Wildman–Crippen MR) is 88.7 cm³/mol. The molecule has 1 rings (SSSR count). The molecule has 1 N–H and O–H groups in total. The van der Waals surface area contributed by atoms with Gasteiger partial charge in [0.25, 0.3) is 0 Å².